The van der Waals surface area contributed by atoms with Gasteiger partial charge in [-0.15, -0.1) is 0 Å². The molecule has 1 aliphatic rings. The van der Waals surface area contributed by atoms with Crippen LogP contribution in [-0.2, 0) is 19.5 Å². The number of methoxy groups -OCH3 is 2. The fraction of sp³-hybridized carbons (Fsp3) is 0.647. The molecule has 0 atom stereocenters. The van der Waals surface area contributed by atoms with E-state index >= 15 is 0 Å². The summed E-state index contributed by atoms with van der Waals surface area (Å²) in [5.41, 5.74) is 3.66. The second-order valence-electron chi connectivity index (χ2n) is 5.60. The molecule has 5 nitrogen and oxygen atoms in total. The number of benzene rings is 1. The van der Waals surface area contributed by atoms with Crippen molar-refractivity contribution in [2.24, 2.45) is 0 Å². The molecular formula is C17H28N2O3. The van der Waals surface area contributed by atoms with Crippen molar-refractivity contribution in [3.05, 3.63) is 22.8 Å². The first-order chi connectivity index (χ1) is 10.7. The lowest BCUT2D eigenvalue weighted by atomic mass is 9.94. The fourth-order valence-electron chi connectivity index (χ4n) is 3.07. The molecule has 22 heavy (non-hydrogen) atoms. The number of aliphatic hydroxyl groups is 1. The van der Waals surface area contributed by atoms with Crippen LogP contribution >= 0.6 is 0 Å². The summed E-state index contributed by atoms with van der Waals surface area (Å²) in [6, 6.07) is 2.09. The molecule has 1 aromatic rings. The van der Waals surface area contributed by atoms with E-state index in [1.165, 1.54) is 11.1 Å². The van der Waals surface area contributed by atoms with Gasteiger partial charge >= 0.3 is 0 Å². The smallest absolute Gasteiger partial charge is 0.127 e. The first-order valence-corrected chi connectivity index (χ1v) is 8.04. The van der Waals surface area contributed by atoms with Gasteiger partial charge in [-0.25, -0.2) is 0 Å². The lowest BCUT2D eigenvalue weighted by molar-refractivity contribution is 0.257. The first-order valence-electron chi connectivity index (χ1n) is 8.04. The minimum Gasteiger partial charge on any atom is -0.496 e. The lowest BCUT2D eigenvalue weighted by Crippen LogP contribution is -2.31. The summed E-state index contributed by atoms with van der Waals surface area (Å²) in [7, 11) is 3.47. The van der Waals surface area contributed by atoms with Crippen LogP contribution in [0.15, 0.2) is 6.07 Å². The Morgan fingerprint density at radius 3 is 2.73 bits per heavy atom. The number of fused-ring (bicyclic) bond motifs is 1. The zero-order chi connectivity index (χ0) is 15.9. The Labute approximate surface area is 133 Å². The molecule has 0 spiro atoms. The van der Waals surface area contributed by atoms with E-state index in [0.29, 0.717) is 0 Å². The Kier molecular flexibility index (Phi) is 6.49. The molecule has 0 unspecified atom stereocenters. The van der Waals surface area contributed by atoms with Crippen molar-refractivity contribution in [2.75, 3.05) is 40.5 Å². The zero-order valence-corrected chi connectivity index (χ0v) is 13.9. The number of hydrogen-bond acceptors (Lipinski definition) is 5. The van der Waals surface area contributed by atoms with E-state index in [4.69, 9.17) is 14.6 Å². The van der Waals surface area contributed by atoms with Crippen molar-refractivity contribution >= 4 is 0 Å². The Morgan fingerprint density at radius 1 is 1.27 bits per heavy atom. The third kappa shape index (κ3) is 3.72. The van der Waals surface area contributed by atoms with Crippen LogP contribution < -0.4 is 14.8 Å². The molecule has 2 rings (SSSR count). The van der Waals surface area contributed by atoms with E-state index in [1.54, 1.807) is 14.2 Å². The third-order valence-electron chi connectivity index (χ3n) is 4.29. The third-order valence-corrected chi connectivity index (χ3v) is 4.29. The minimum atomic E-state index is 0.213. The summed E-state index contributed by atoms with van der Waals surface area (Å²) < 4.78 is 11.3. The molecule has 0 bridgehead atoms. The van der Waals surface area contributed by atoms with E-state index < -0.39 is 0 Å². The van der Waals surface area contributed by atoms with Crippen LogP contribution in [0.25, 0.3) is 0 Å². The maximum atomic E-state index is 8.86. The molecule has 0 saturated heterocycles. The molecule has 1 aliphatic heterocycles. The van der Waals surface area contributed by atoms with Crippen LogP contribution in [0.2, 0.25) is 0 Å². The van der Waals surface area contributed by atoms with Gasteiger partial charge in [0.15, 0.2) is 0 Å². The number of nitrogens with zero attached hydrogens (tertiary/aromatic N) is 1. The predicted octanol–water partition coefficient (Wildman–Crippen LogP) is 1.55. The summed E-state index contributed by atoms with van der Waals surface area (Å²) in [5.74, 6) is 1.94. The fourth-order valence-corrected chi connectivity index (χ4v) is 3.07. The van der Waals surface area contributed by atoms with Gasteiger partial charge in [-0.3, -0.25) is 4.90 Å². The van der Waals surface area contributed by atoms with Gasteiger partial charge in [0, 0.05) is 42.9 Å². The molecule has 0 saturated carbocycles. The Morgan fingerprint density at radius 2 is 2.09 bits per heavy atom. The van der Waals surface area contributed by atoms with Crippen molar-refractivity contribution in [1.82, 2.24) is 10.2 Å². The van der Waals surface area contributed by atoms with Crippen molar-refractivity contribution in [3.63, 3.8) is 0 Å². The molecule has 0 aliphatic carbocycles. The number of ether oxygens (including phenoxy) is 2. The minimum absolute atomic E-state index is 0.213. The maximum absolute atomic E-state index is 8.86. The summed E-state index contributed by atoms with van der Waals surface area (Å²) in [6.45, 7) is 6.95. The maximum Gasteiger partial charge on any atom is 0.127 e. The average molecular weight is 308 g/mol. The molecule has 1 aromatic carbocycles. The number of hydrogen-bond donors (Lipinski definition) is 2. The molecule has 1 heterocycles. The zero-order valence-electron chi connectivity index (χ0n) is 13.9. The summed E-state index contributed by atoms with van der Waals surface area (Å²) in [6.07, 6.45) is 1.75. The standard InChI is InChI=1S/C17H28N2O3/c1-4-19-8-6-14-15(12-19)16(21-2)10-13(17(14)22-3)11-18-7-5-9-20/h10,18,20H,4-9,11-12H2,1-3H3. The Bertz CT molecular complexity index is 491. The molecule has 0 fully saturated rings. The highest BCUT2D eigenvalue weighted by Crippen LogP contribution is 2.37. The summed E-state index contributed by atoms with van der Waals surface area (Å²) in [4.78, 5) is 2.42. The van der Waals surface area contributed by atoms with Crippen LogP contribution in [-0.4, -0.2) is 50.5 Å². The largest absolute Gasteiger partial charge is 0.496 e. The highest BCUT2D eigenvalue weighted by atomic mass is 16.5. The van der Waals surface area contributed by atoms with Gasteiger partial charge in [-0.2, -0.15) is 0 Å². The molecule has 0 aromatic heterocycles. The quantitative estimate of drug-likeness (QED) is 0.714. The SMILES string of the molecule is CCN1CCc2c(c(OC)cc(CNCCCO)c2OC)C1. The molecule has 2 N–H and O–H groups in total. The number of rotatable bonds is 8. The topological polar surface area (TPSA) is 54.0 Å². The molecule has 0 radical (unpaired) electrons. The molecule has 124 valence electrons. The number of aliphatic hydroxyl groups excluding tert-OH is 1. The van der Waals surface area contributed by atoms with Gasteiger partial charge in [0.25, 0.3) is 0 Å². The second kappa shape index (κ2) is 8.36. The second-order valence-corrected chi connectivity index (χ2v) is 5.60. The van der Waals surface area contributed by atoms with Crippen LogP contribution in [0.1, 0.15) is 30.0 Å². The van der Waals surface area contributed by atoms with Gasteiger partial charge in [-0.05, 0) is 32.0 Å². The predicted molar refractivity (Wildman–Crippen MR) is 87.6 cm³/mol. The summed E-state index contributed by atoms with van der Waals surface area (Å²) in [5, 5.41) is 12.2. The van der Waals surface area contributed by atoms with E-state index in [9.17, 15) is 0 Å². The van der Waals surface area contributed by atoms with E-state index in [0.717, 1.165) is 62.6 Å². The Balaban J connectivity index is 2.28. The van der Waals surface area contributed by atoms with Crippen molar-refractivity contribution in [3.8, 4) is 11.5 Å². The van der Waals surface area contributed by atoms with Gasteiger partial charge in [0.1, 0.15) is 11.5 Å². The lowest BCUT2D eigenvalue weighted by Gasteiger charge is -2.31. The highest BCUT2D eigenvalue weighted by molar-refractivity contribution is 5.54. The van der Waals surface area contributed by atoms with Crippen LogP contribution in [0.4, 0.5) is 0 Å². The number of nitrogens with one attached hydrogen (secondary N) is 1. The molecule has 5 heteroatoms. The monoisotopic (exact) mass is 308 g/mol. The molecule has 0 amide bonds. The number of likely N-dealkylation sites (N-methyl/N-ethyl adjacent to an activating group) is 1. The van der Waals surface area contributed by atoms with Gasteiger partial charge < -0.3 is 19.9 Å². The van der Waals surface area contributed by atoms with E-state index in [-0.39, 0.29) is 6.61 Å². The van der Waals surface area contributed by atoms with Gasteiger partial charge in [-0.1, -0.05) is 6.92 Å². The average Bonchev–Trinajstić information content (AvgIpc) is 2.57. The van der Waals surface area contributed by atoms with Crippen LogP contribution in [0, 0.1) is 0 Å². The normalized spacial score (nSPS) is 14.7. The van der Waals surface area contributed by atoms with Crippen molar-refractivity contribution in [2.45, 2.75) is 32.9 Å². The Hall–Kier alpha value is -1.30. The van der Waals surface area contributed by atoms with Gasteiger partial charge in [0.2, 0.25) is 0 Å². The summed E-state index contributed by atoms with van der Waals surface area (Å²) >= 11 is 0. The highest BCUT2D eigenvalue weighted by Gasteiger charge is 2.24. The van der Waals surface area contributed by atoms with E-state index in [2.05, 4.69) is 23.2 Å². The van der Waals surface area contributed by atoms with Crippen molar-refractivity contribution in [1.29, 1.82) is 0 Å². The first kappa shape index (κ1) is 17.1. The van der Waals surface area contributed by atoms with Crippen LogP contribution in [0.5, 0.6) is 11.5 Å². The molecular weight excluding hydrogens is 280 g/mol. The van der Waals surface area contributed by atoms with E-state index in [1.807, 2.05) is 0 Å². The van der Waals surface area contributed by atoms with Gasteiger partial charge in [0.05, 0.1) is 14.2 Å². The van der Waals surface area contributed by atoms with Crippen LogP contribution in [0.3, 0.4) is 0 Å². The van der Waals surface area contributed by atoms with Crippen molar-refractivity contribution < 1.29 is 14.6 Å².